The fourth-order valence-corrected chi connectivity index (χ4v) is 3.57. The van der Waals surface area contributed by atoms with Crippen molar-refractivity contribution in [2.45, 2.75) is 25.7 Å². The van der Waals surface area contributed by atoms with Crippen molar-refractivity contribution >= 4 is 21.6 Å². The van der Waals surface area contributed by atoms with E-state index in [1.165, 1.54) is 7.05 Å². The van der Waals surface area contributed by atoms with E-state index in [2.05, 4.69) is 0 Å². The van der Waals surface area contributed by atoms with Crippen molar-refractivity contribution in [2.75, 3.05) is 32.4 Å². The molecule has 0 aliphatic heterocycles. The van der Waals surface area contributed by atoms with E-state index < -0.39 is 10.0 Å². The number of sulfonamides is 1. The Kier molecular flexibility index (Phi) is 5.74. The summed E-state index contributed by atoms with van der Waals surface area (Å²) in [5.41, 5.74) is 6.55. The minimum Gasteiger partial charge on any atom is -0.398 e. The number of amides is 1. The molecule has 0 aromatic heterocycles. The number of nitrogens with zero attached hydrogens (tertiary/aromatic N) is 2. The Hall–Kier alpha value is -1.60. The first-order valence-electron chi connectivity index (χ1n) is 6.84. The number of anilines is 1. The monoisotopic (exact) mass is 313 g/mol. The maximum Gasteiger partial charge on any atom is 0.245 e. The molecule has 7 heteroatoms. The standard InChI is InChI=1S/C14H23N3O3S/c1-5-17(6-2)13(18)10-16(4)21(19,20)14-11(3)8-7-9-12(14)15/h7-9H,5-6,10,15H2,1-4H3. The molecule has 1 rings (SSSR count). The molecule has 0 radical (unpaired) electrons. The van der Waals surface area contributed by atoms with E-state index in [4.69, 9.17) is 5.73 Å². The molecule has 0 spiro atoms. The number of aryl methyl sites for hydroxylation is 1. The molecule has 0 aliphatic rings. The second kappa shape index (κ2) is 6.91. The second-order valence-corrected chi connectivity index (χ2v) is 6.80. The normalized spacial score (nSPS) is 11.7. The molecule has 21 heavy (non-hydrogen) atoms. The number of benzene rings is 1. The summed E-state index contributed by atoms with van der Waals surface area (Å²) in [7, 11) is -2.39. The smallest absolute Gasteiger partial charge is 0.245 e. The lowest BCUT2D eigenvalue weighted by atomic mass is 10.2. The third kappa shape index (κ3) is 3.74. The zero-order valence-electron chi connectivity index (χ0n) is 13.0. The Bertz CT molecular complexity index is 590. The van der Waals surface area contributed by atoms with E-state index in [0.717, 1.165) is 4.31 Å². The molecule has 0 heterocycles. The fourth-order valence-electron chi connectivity index (χ4n) is 2.14. The summed E-state index contributed by atoms with van der Waals surface area (Å²) in [6, 6.07) is 4.92. The summed E-state index contributed by atoms with van der Waals surface area (Å²) in [5, 5.41) is 0. The number of hydrogen-bond acceptors (Lipinski definition) is 4. The number of carbonyl (C=O) groups is 1. The highest BCUT2D eigenvalue weighted by molar-refractivity contribution is 7.89. The lowest BCUT2D eigenvalue weighted by Gasteiger charge is -2.23. The predicted octanol–water partition coefficient (Wildman–Crippen LogP) is 1.07. The van der Waals surface area contributed by atoms with Crippen LogP contribution in [0.5, 0.6) is 0 Å². The van der Waals surface area contributed by atoms with Gasteiger partial charge in [0.25, 0.3) is 0 Å². The SMILES string of the molecule is CCN(CC)C(=O)CN(C)S(=O)(=O)c1c(C)cccc1N. The van der Waals surface area contributed by atoms with Crippen LogP contribution in [-0.4, -0.2) is 50.2 Å². The van der Waals surface area contributed by atoms with Gasteiger partial charge in [0.1, 0.15) is 4.90 Å². The number of likely N-dealkylation sites (N-methyl/N-ethyl adjacent to an activating group) is 2. The molecule has 0 fully saturated rings. The van der Waals surface area contributed by atoms with Crippen molar-refractivity contribution in [1.82, 2.24) is 9.21 Å². The van der Waals surface area contributed by atoms with Gasteiger partial charge in [0.05, 0.1) is 12.2 Å². The van der Waals surface area contributed by atoms with Gasteiger partial charge in [-0.2, -0.15) is 4.31 Å². The second-order valence-electron chi connectivity index (χ2n) is 4.82. The van der Waals surface area contributed by atoms with E-state index >= 15 is 0 Å². The van der Waals surface area contributed by atoms with Crippen LogP contribution in [0.15, 0.2) is 23.1 Å². The third-order valence-electron chi connectivity index (χ3n) is 3.38. The van der Waals surface area contributed by atoms with Gasteiger partial charge in [0, 0.05) is 20.1 Å². The highest BCUT2D eigenvalue weighted by Crippen LogP contribution is 2.25. The van der Waals surface area contributed by atoms with Crippen molar-refractivity contribution in [2.24, 2.45) is 0 Å². The van der Waals surface area contributed by atoms with Crippen molar-refractivity contribution in [3.05, 3.63) is 23.8 Å². The van der Waals surface area contributed by atoms with Crippen LogP contribution in [0, 0.1) is 6.92 Å². The highest BCUT2D eigenvalue weighted by Gasteiger charge is 2.27. The van der Waals surface area contributed by atoms with Crippen LogP contribution in [-0.2, 0) is 14.8 Å². The van der Waals surface area contributed by atoms with Gasteiger partial charge in [-0.15, -0.1) is 0 Å². The maximum atomic E-state index is 12.6. The van der Waals surface area contributed by atoms with Gasteiger partial charge in [0.15, 0.2) is 0 Å². The molecule has 0 unspecified atom stereocenters. The first-order valence-corrected chi connectivity index (χ1v) is 8.28. The van der Waals surface area contributed by atoms with Crippen molar-refractivity contribution < 1.29 is 13.2 Å². The zero-order chi connectivity index (χ0) is 16.2. The third-order valence-corrected chi connectivity index (χ3v) is 5.41. The number of rotatable bonds is 6. The minimum atomic E-state index is -3.78. The molecule has 1 aromatic carbocycles. The van der Waals surface area contributed by atoms with E-state index in [9.17, 15) is 13.2 Å². The summed E-state index contributed by atoms with van der Waals surface area (Å²) in [4.78, 5) is 13.7. The molecule has 0 saturated heterocycles. The number of nitrogens with two attached hydrogens (primary N) is 1. The summed E-state index contributed by atoms with van der Waals surface area (Å²) in [5.74, 6) is -0.224. The zero-order valence-corrected chi connectivity index (χ0v) is 13.8. The quantitative estimate of drug-likeness (QED) is 0.796. The molecule has 0 aliphatic carbocycles. The van der Waals surface area contributed by atoms with Gasteiger partial charge in [-0.25, -0.2) is 8.42 Å². The fraction of sp³-hybridized carbons (Fsp3) is 0.500. The van der Waals surface area contributed by atoms with Crippen molar-refractivity contribution in [1.29, 1.82) is 0 Å². The lowest BCUT2D eigenvalue weighted by molar-refractivity contribution is -0.130. The highest BCUT2D eigenvalue weighted by atomic mass is 32.2. The van der Waals surface area contributed by atoms with E-state index in [-0.39, 0.29) is 23.0 Å². The Morgan fingerprint density at radius 2 is 1.81 bits per heavy atom. The van der Waals surface area contributed by atoms with E-state index in [0.29, 0.717) is 18.7 Å². The number of carbonyl (C=O) groups excluding carboxylic acids is 1. The minimum absolute atomic E-state index is 0.0693. The van der Waals surface area contributed by atoms with Crippen molar-refractivity contribution in [3.8, 4) is 0 Å². The van der Waals surface area contributed by atoms with Crippen LogP contribution >= 0.6 is 0 Å². The predicted molar refractivity (Wildman–Crippen MR) is 83.3 cm³/mol. The summed E-state index contributed by atoms with van der Waals surface area (Å²) in [6.45, 7) is 6.30. The first-order chi connectivity index (χ1) is 9.75. The van der Waals surface area contributed by atoms with Crippen molar-refractivity contribution in [3.63, 3.8) is 0 Å². The van der Waals surface area contributed by atoms with Gasteiger partial charge < -0.3 is 10.6 Å². The Balaban J connectivity index is 3.06. The molecular formula is C14H23N3O3S. The van der Waals surface area contributed by atoms with Gasteiger partial charge in [-0.1, -0.05) is 12.1 Å². The Labute approximate surface area is 126 Å². The molecule has 1 aromatic rings. The van der Waals surface area contributed by atoms with Gasteiger partial charge in [-0.3, -0.25) is 4.79 Å². The molecule has 6 nitrogen and oxygen atoms in total. The van der Waals surface area contributed by atoms with Crippen LogP contribution in [0.3, 0.4) is 0 Å². The van der Waals surface area contributed by atoms with Crippen LogP contribution in [0.2, 0.25) is 0 Å². The van der Waals surface area contributed by atoms with Crippen LogP contribution < -0.4 is 5.73 Å². The number of hydrogen-bond donors (Lipinski definition) is 1. The largest absolute Gasteiger partial charge is 0.398 e. The van der Waals surface area contributed by atoms with Crippen LogP contribution in [0.25, 0.3) is 0 Å². The number of nitrogen functional groups attached to an aromatic ring is 1. The van der Waals surface area contributed by atoms with E-state index in [1.54, 1.807) is 30.0 Å². The average Bonchev–Trinajstić information content (AvgIpc) is 2.39. The maximum absolute atomic E-state index is 12.6. The summed E-state index contributed by atoms with van der Waals surface area (Å²) < 4.78 is 26.2. The molecule has 1 amide bonds. The molecule has 2 N–H and O–H groups in total. The molecule has 0 bridgehead atoms. The summed E-state index contributed by atoms with van der Waals surface area (Å²) >= 11 is 0. The van der Waals surface area contributed by atoms with Gasteiger partial charge >= 0.3 is 0 Å². The van der Waals surface area contributed by atoms with Gasteiger partial charge in [-0.05, 0) is 32.4 Å². The Morgan fingerprint density at radius 1 is 1.24 bits per heavy atom. The lowest BCUT2D eigenvalue weighted by Crippen LogP contribution is -2.41. The topological polar surface area (TPSA) is 83.7 Å². The molecule has 0 atom stereocenters. The Morgan fingerprint density at radius 3 is 2.29 bits per heavy atom. The van der Waals surface area contributed by atoms with Crippen LogP contribution in [0.4, 0.5) is 5.69 Å². The van der Waals surface area contributed by atoms with E-state index in [1.807, 2.05) is 13.8 Å². The van der Waals surface area contributed by atoms with Gasteiger partial charge in [0.2, 0.25) is 15.9 Å². The van der Waals surface area contributed by atoms with Crippen LogP contribution in [0.1, 0.15) is 19.4 Å². The summed E-state index contributed by atoms with van der Waals surface area (Å²) in [6.07, 6.45) is 0. The average molecular weight is 313 g/mol. The first kappa shape index (κ1) is 17.5. The molecular weight excluding hydrogens is 290 g/mol. The molecule has 0 saturated carbocycles. The molecule has 118 valence electrons.